The third-order valence-electron chi connectivity index (χ3n) is 8.20. The number of nitriles is 1. The Bertz CT molecular complexity index is 2190. The second-order valence-corrected chi connectivity index (χ2v) is 12.4. The Morgan fingerprint density at radius 2 is 1.94 bits per heavy atom. The van der Waals surface area contributed by atoms with E-state index in [0.29, 0.717) is 76.0 Å². The van der Waals surface area contributed by atoms with Crippen LogP contribution in [0.5, 0.6) is 0 Å². The number of hydrogen-bond acceptors (Lipinski definition) is 8. The molecule has 1 N–H and O–H groups in total. The van der Waals surface area contributed by atoms with Gasteiger partial charge in [0.2, 0.25) is 6.43 Å². The van der Waals surface area contributed by atoms with Crippen LogP contribution in [0.1, 0.15) is 33.6 Å². The van der Waals surface area contributed by atoms with Gasteiger partial charge >= 0.3 is 5.97 Å². The Morgan fingerprint density at radius 1 is 1.15 bits per heavy atom. The van der Waals surface area contributed by atoms with Gasteiger partial charge in [-0.15, -0.1) is 11.3 Å². The average molecular weight is 673 g/mol. The molecule has 0 bridgehead atoms. The van der Waals surface area contributed by atoms with E-state index in [1.165, 1.54) is 15.9 Å². The number of fused-ring (bicyclic) bond motifs is 2. The molecule has 0 saturated carbocycles. The summed E-state index contributed by atoms with van der Waals surface area (Å²) in [5, 5.41) is 22.6. The number of pyridine rings is 3. The number of aryl methyl sites for hydroxylation is 1. The monoisotopic (exact) mass is 672 g/mol. The minimum absolute atomic E-state index is 0.0436. The van der Waals surface area contributed by atoms with Crippen molar-refractivity contribution >= 4 is 55.7 Å². The molecule has 6 rings (SSSR count). The van der Waals surface area contributed by atoms with Crippen molar-refractivity contribution in [3.63, 3.8) is 0 Å². The van der Waals surface area contributed by atoms with Crippen LogP contribution in [0.15, 0.2) is 52.9 Å². The third kappa shape index (κ3) is 6.41. The molecule has 0 amide bonds. The van der Waals surface area contributed by atoms with Gasteiger partial charge in [-0.05, 0) is 37.3 Å². The average Bonchev–Trinajstić information content (AvgIpc) is 3.50. The molecule has 0 aliphatic carbocycles. The topological polar surface area (TPSA) is 115 Å². The number of nitrogens with zero attached hydrogens (tertiary/aromatic N) is 6. The zero-order valence-corrected chi connectivity index (χ0v) is 26.7. The van der Waals surface area contributed by atoms with Crippen molar-refractivity contribution in [1.29, 1.82) is 5.26 Å². The molecule has 47 heavy (non-hydrogen) atoms. The highest BCUT2D eigenvalue weighted by Gasteiger charge is 2.24. The maximum Gasteiger partial charge on any atom is 0.338 e. The maximum absolute atomic E-state index is 13.9. The molecular weight excluding hydrogens is 646 g/mol. The van der Waals surface area contributed by atoms with Crippen LogP contribution in [0.2, 0.25) is 5.02 Å². The molecule has 0 atom stereocenters. The van der Waals surface area contributed by atoms with Crippen molar-refractivity contribution in [2.45, 2.75) is 26.3 Å². The van der Waals surface area contributed by atoms with Gasteiger partial charge in [-0.3, -0.25) is 14.7 Å². The Balaban J connectivity index is 1.33. The van der Waals surface area contributed by atoms with Gasteiger partial charge in [-0.25, -0.2) is 18.6 Å². The molecule has 238 valence electrons. The molecule has 1 fully saturated rings. The highest BCUT2D eigenvalue weighted by molar-refractivity contribution is 7.18. The molecular formula is C34H27ClF2N6O3S. The highest BCUT2D eigenvalue weighted by Crippen LogP contribution is 2.36. The summed E-state index contributed by atoms with van der Waals surface area (Å²) < 4.78 is 27.6. The molecule has 0 radical (unpaired) electrons. The third-order valence-corrected chi connectivity index (χ3v) is 9.44. The Labute approximate surface area is 277 Å². The summed E-state index contributed by atoms with van der Waals surface area (Å²) in [4.78, 5) is 38.3. The van der Waals surface area contributed by atoms with Gasteiger partial charge in [0.1, 0.15) is 17.5 Å². The zero-order valence-electron chi connectivity index (χ0n) is 25.1. The normalized spacial score (nSPS) is 13.6. The van der Waals surface area contributed by atoms with Gasteiger partial charge < -0.3 is 14.6 Å². The number of alkyl halides is 2. The van der Waals surface area contributed by atoms with Gasteiger partial charge in [0.05, 0.1) is 27.7 Å². The lowest BCUT2D eigenvalue weighted by Crippen LogP contribution is -2.47. The molecule has 4 aromatic heterocycles. The molecule has 1 aromatic carbocycles. The fraction of sp³-hybridized carbons (Fsp3) is 0.265. The molecule has 13 heteroatoms. The lowest BCUT2D eigenvalue weighted by Gasteiger charge is -2.35. The van der Waals surface area contributed by atoms with E-state index in [2.05, 4.69) is 27.9 Å². The van der Waals surface area contributed by atoms with E-state index in [9.17, 15) is 28.7 Å². The summed E-state index contributed by atoms with van der Waals surface area (Å²) in [7, 11) is 0. The fourth-order valence-electron chi connectivity index (χ4n) is 5.82. The number of carbonyl (C=O) groups is 1. The van der Waals surface area contributed by atoms with E-state index in [1.807, 2.05) is 9.80 Å². The van der Waals surface area contributed by atoms with Crippen molar-refractivity contribution in [2.75, 3.05) is 37.6 Å². The number of rotatable bonds is 7. The SMILES string of the molecule is Cc1cc2cnc(N3CCN(CCC(F)F)CC3)c(C#N)c2c(=O)n1CC#Cc1ccc(Cl)cc1-c1ccnc2c(C(=O)O)csc12. The molecule has 5 heterocycles. The molecule has 5 aromatic rings. The van der Waals surface area contributed by atoms with Crippen LogP contribution in [0, 0.1) is 30.1 Å². The molecule has 1 aliphatic rings. The number of thiophene rings is 1. The number of piperazine rings is 1. The summed E-state index contributed by atoms with van der Waals surface area (Å²) in [6.45, 7) is 4.24. The van der Waals surface area contributed by atoms with Crippen molar-refractivity contribution < 1.29 is 18.7 Å². The van der Waals surface area contributed by atoms with E-state index >= 15 is 0 Å². The van der Waals surface area contributed by atoms with Crippen LogP contribution in [0.3, 0.4) is 0 Å². The number of aromatic nitrogens is 3. The number of carboxylic acid groups (broad SMARTS) is 1. The van der Waals surface area contributed by atoms with Crippen LogP contribution < -0.4 is 10.5 Å². The van der Waals surface area contributed by atoms with Crippen LogP contribution in [0.4, 0.5) is 14.6 Å². The summed E-state index contributed by atoms with van der Waals surface area (Å²) >= 11 is 7.64. The lowest BCUT2D eigenvalue weighted by atomic mass is 10.00. The number of halogens is 3. The standard InChI is InChI=1S/C34H27ClF2N6O3S/c1-20-15-22-18-40-32(42-13-11-41(12-14-42)10-7-28(36)37)26(17-38)29(22)33(44)43(20)9-2-3-21-4-5-23(35)16-25(21)24-6-8-39-30-27(34(45)46)19-47-31(24)30/h4-6,8,15-16,18-19,28H,7,9-14H2,1H3,(H,45,46). The lowest BCUT2D eigenvalue weighted by molar-refractivity contribution is 0.0699. The number of hydrogen-bond donors (Lipinski definition) is 1. The van der Waals surface area contributed by atoms with Crippen molar-refractivity contribution in [2.24, 2.45) is 0 Å². The first-order valence-corrected chi connectivity index (χ1v) is 16.0. The first kappa shape index (κ1) is 32.1. The smallest absolute Gasteiger partial charge is 0.338 e. The molecule has 1 aliphatic heterocycles. The quantitative estimate of drug-likeness (QED) is 0.208. The molecule has 0 spiro atoms. The molecule has 9 nitrogen and oxygen atoms in total. The summed E-state index contributed by atoms with van der Waals surface area (Å²) in [5.41, 5.74) is 3.04. The fourth-order valence-corrected chi connectivity index (χ4v) is 7.02. The minimum Gasteiger partial charge on any atom is -0.478 e. The summed E-state index contributed by atoms with van der Waals surface area (Å²) in [5.74, 6) is 5.61. The summed E-state index contributed by atoms with van der Waals surface area (Å²) in [6, 6.07) is 11.0. The number of aromatic carboxylic acids is 1. The van der Waals surface area contributed by atoms with Crippen LogP contribution in [-0.4, -0.2) is 69.7 Å². The largest absolute Gasteiger partial charge is 0.478 e. The van der Waals surface area contributed by atoms with Gasteiger partial charge in [0.25, 0.3) is 5.56 Å². The second kappa shape index (κ2) is 13.5. The number of anilines is 1. The predicted molar refractivity (Wildman–Crippen MR) is 179 cm³/mol. The first-order chi connectivity index (χ1) is 22.7. The highest BCUT2D eigenvalue weighted by atomic mass is 35.5. The van der Waals surface area contributed by atoms with E-state index in [4.69, 9.17) is 11.6 Å². The van der Waals surface area contributed by atoms with E-state index in [0.717, 1.165) is 5.56 Å². The van der Waals surface area contributed by atoms with Crippen LogP contribution >= 0.6 is 22.9 Å². The van der Waals surface area contributed by atoms with E-state index < -0.39 is 12.4 Å². The van der Waals surface area contributed by atoms with Crippen LogP contribution in [0.25, 0.3) is 32.1 Å². The molecule has 0 unspecified atom stereocenters. The Hall–Kier alpha value is -4.88. The van der Waals surface area contributed by atoms with E-state index in [1.54, 1.807) is 55.0 Å². The van der Waals surface area contributed by atoms with Gasteiger partial charge in [0, 0.05) is 89.7 Å². The minimum atomic E-state index is -2.35. The van der Waals surface area contributed by atoms with Crippen molar-refractivity contribution in [1.82, 2.24) is 19.4 Å². The zero-order chi connectivity index (χ0) is 33.2. The Kier molecular flexibility index (Phi) is 9.19. The second-order valence-electron chi connectivity index (χ2n) is 11.1. The van der Waals surface area contributed by atoms with Gasteiger partial charge in [-0.2, -0.15) is 5.26 Å². The number of benzene rings is 1. The van der Waals surface area contributed by atoms with Crippen molar-refractivity contribution in [3.8, 4) is 29.0 Å². The van der Waals surface area contributed by atoms with E-state index in [-0.39, 0.29) is 35.0 Å². The van der Waals surface area contributed by atoms with Crippen molar-refractivity contribution in [3.05, 3.63) is 85.9 Å². The maximum atomic E-state index is 13.9. The predicted octanol–water partition coefficient (Wildman–Crippen LogP) is 6.03. The first-order valence-electron chi connectivity index (χ1n) is 14.7. The number of carboxylic acids is 1. The Morgan fingerprint density at radius 3 is 2.66 bits per heavy atom. The molecule has 1 saturated heterocycles. The van der Waals surface area contributed by atoms with Gasteiger partial charge in [0.15, 0.2) is 0 Å². The van der Waals surface area contributed by atoms with Crippen LogP contribution in [-0.2, 0) is 6.54 Å². The summed E-state index contributed by atoms with van der Waals surface area (Å²) in [6.07, 6.45) is 0.608. The van der Waals surface area contributed by atoms with Gasteiger partial charge in [-0.1, -0.05) is 23.4 Å².